The molecule has 4 nitrogen and oxygen atoms in total. The molecule has 0 aromatic heterocycles. The van der Waals surface area contributed by atoms with E-state index >= 15 is 0 Å². The van der Waals surface area contributed by atoms with E-state index < -0.39 is 11.7 Å². The summed E-state index contributed by atoms with van der Waals surface area (Å²) in [4.78, 5) is 27.3. The van der Waals surface area contributed by atoms with E-state index in [9.17, 15) is 14.0 Å². The van der Waals surface area contributed by atoms with Crippen molar-refractivity contribution >= 4 is 34.8 Å². The van der Waals surface area contributed by atoms with Gasteiger partial charge in [0.1, 0.15) is 11.6 Å². The number of amides is 2. The zero-order valence-corrected chi connectivity index (χ0v) is 14.6. The van der Waals surface area contributed by atoms with Gasteiger partial charge in [0.2, 0.25) is 0 Å². The van der Waals surface area contributed by atoms with Gasteiger partial charge in [0, 0.05) is 0 Å². The number of benzene rings is 2. The van der Waals surface area contributed by atoms with Crippen molar-refractivity contribution < 1.29 is 18.7 Å². The fraction of sp³-hybridized carbons (Fsp3) is 0.158. The maximum Gasteiger partial charge on any atom is 0.272 e. The average molecular weight is 357 g/mol. The number of hydrogen-bond acceptors (Lipinski definition) is 4. The molecule has 128 valence electrons. The Morgan fingerprint density at radius 1 is 1.00 bits per heavy atom. The van der Waals surface area contributed by atoms with Crippen LogP contribution in [-0.2, 0) is 9.59 Å². The molecule has 1 aliphatic heterocycles. The van der Waals surface area contributed by atoms with Gasteiger partial charge in [-0.1, -0.05) is 19.1 Å². The van der Waals surface area contributed by atoms with Crippen LogP contribution in [0.15, 0.2) is 53.4 Å². The van der Waals surface area contributed by atoms with Gasteiger partial charge >= 0.3 is 0 Å². The van der Waals surface area contributed by atoms with E-state index in [4.69, 9.17) is 4.74 Å². The molecule has 0 fully saturated rings. The maximum atomic E-state index is 13.2. The molecule has 0 N–H and O–H groups in total. The molecule has 0 unspecified atom stereocenters. The summed E-state index contributed by atoms with van der Waals surface area (Å²) in [5.74, 6) is 0.129. The highest BCUT2D eigenvalue weighted by atomic mass is 32.2. The van der Waals surface area contributed by atoms with Crippen LogP contribution in [0.25, 0.3) is 5.57 Å². The molecule has 1 heterocycles. The average Bonchev–Trinajstić information content (AvgIpc) is 2.87. The smallest absolute Gasteiger partial charge is 0.272 e. The van der Waals surface area contributed by atoms with Gasteiger partial charge in [-0.25, -0.2) is 9.29 Å². The third-order valence-electron chi connectivity index (χ3n) is 3.79. The quantitative estimate of drug-likeness (QED) is 0.762. The second-order valence-electron chi connectivity index (χ2n) is 5.29. The predicted octanol–water partition coefficient (Wildman–Crippen LogP) is 3.87. The predicted molar refractivity (Wildman–Crippen MR) is 96.9 cm³/mol. The van der Waals surface area contributed by atoms with Gasteiger partial charge in [-0.2, -0.15) is 0 Å². The van der Waals surface area contributed by atoms with Crippen molar-refractivity contribution in [3.05, 3.63) is 64.8 Å². The van der Waals surface area contributed by atoms with Gasteiger partial charge in [0.25, 0.3) is 11.8 Å². The number of carbonyl (C=O) groups excluding carboxylic acids is 2. The van der Waals surface area contributed by atoms with E-state index in [1.165, 1.54) is 36.0 Å². The minimum Gasteiger partial charge on any atom is -0.497 e. The molecule has 0 bridgehead atoms. The van der Waals surface area contributed by atoms with Crippen molar-refractivity contribution in [2.45, 2.75) is 6.92 Å². The van der Waals surface area contributed by atoms with Crippen molar-refractivity contribution in [1.82, 2.24) is 0 Å². The van der Waals surface area contributed by atoms with Crippen molar-refractivity contribution in [2.24, 2.45) is 0 Å². The first kappa shape index (κ1) is 17.2. The number of anilines is 1. The molecule has 0 spiro atoms. The van der Waals surface area contributed by atoms with Crippen molar-refractivity contribution in [3.8, 4) is 5.75 Å². The van der Waals surface area contributed by atoms with E-state index in [-0.39, 0.29) is 5.91 Å². The fourth-order valence-electron chi connectivity index (χ4n) is 2.62. The number of nitrogens with zero attached hydrogens (tertiary/aromatic N) is 1. The molecule has 1 aliphatic rings. The monoisotopic (exact) mass is 357 g/mol. The number of ether oxygens (including phenoxy) is 1. The second kappa shape index (κ2) is 7.11. The lowest BCUT2D eigenvalue weighted by molar-refractivity contribution is -0.119. The van der Waals surface area contributed by atoms with Crippen LogP contribution in [0, 0.1) is 5.82 Å². The summed E-state index contributed by atoms with van der Waals surface area (Å²) in [6.07, 6.45) is 0. The third kappa shape index (κ3) is 3.17. The van der Waals surface area contributed by atoms with E-state index in [2.05, 4.69) is 0 Å². The zero-order valence-electron chi connectivity index (χ0n) is 13.8. The Morgan fingerprint density at radius 3 is 2.20 bits per heavy atom. The van der Waals surface area contributed by atoms with Crippen molar-refractivity contribution in [1.29, 1.82) is 0 Å². The summed E-state index contributed by atoms with van der Waals surface area (Å²) in [6.45, 7) is 1.91. The highest BCUT2D eigenvalue weighted by molar-refractivity contribution is 8.04. The standard InChI is InChI=1S/C19H16FNO3S/c1-3-25-17-16(12-4-6-13(20)7-5-12)18(22)21(19(17)23)14-8-10-15(24-2)11-9-14/h4-11H,3H2,1-2H3. The highest BCUT2D eigenvalue weighted by Crippen LogP contribution is 2.38. The number of hydrogen-bond donors (Lipinski definition) is 0. The van der Waals surface area contributed by atoms with Gasteiger partial charge < -0.3 is 4.74 Å². The summed E-state index contributed by atoms with van der Waals surface area (Å²) in [5, 5.41) is 0. The third-order valence-corrected chi connectivity index (χ3v) is 4.75. The summed E-state index contributed by atoms with van der Waals surface area (Å²) >= 11 is 1.31. The number of imide groups is 1. The number of thioether (sulfide) groups is 1. The molecule has 2 amide bonds. The molecule has 0 radical (unpaired) electrons. The topological polar surface area (TPSA) is 46.6 Å². The van der Waals surface area contributed by atoms with Gasteiger partial charge in [0.05, 0.1) is 23.3 Å². The molecule has 0 saturated carbocycles. The molecule has 2 aromatic carbocycles. The van der Waals surface area contributed by atoms with Gasteiger partial charge in [-0.15, -0.1) is 11.8 Å². The number of carbonyl (C=O) groups is 2. The van der Waals surface area contributed by atoms with Gasteiger partial charge in [0.15, 0.2) is 0 Å². The Kier molecular flexibility index (Phi) is 4.90. The summed E-state index contributed by atoms with van der Waals surface area (Å²) in [7, 11) is 1.55. The number of halogens is 1. The first-order valence-corrected chi connectivity index (χ1v) is 8.71. The Bertz CT molecular complexity index is 844. The Labute approximate surface area is 149 Å². The maximum absolute atomic E-state index is 13.2. The molecule has 2 aromatic rings. The van der Waals surface area contributed by atoms with Crippen molar-refractivity contribution in [3.63, 3.8) is 0 Å². The minimum atomic E-state index is -0.405. The van der Waals surface area contributed by atoms with Gasteiger partial charge in [-0.05, 0) is 47.7 Å². The molecule has 25 heavy (non-hydrogen) atoms. The molecule has 3 rings (SSSR count). The van der Waals surface area contributed by atoms with Crippen LogP contribution in [0.2, 0.25) is 0 Å². The first-order chi connectivity index (χ1) is 12.1. The normalized spacial score (nSPS) is 14.4. The molecule has 0 saturated heterocycles. The molecular weight excluding hydrogens is 341 g/mol. The van der Waals surface area contributed by atoms with E-state index in [0.29, 0.717) is 33.2 Å². The Morgan fingerprint density at radius 2 is 1.64 bits per heavy atom. The number of methoxy groups -OCH3 is 1. The van der Waals surface area contributed by atoms with Crippen LogP contribution in [-0.4, -0.2) is 24.7 Å². The van der Waals surface area contributed by atoms with Crippen LogP contribution in [0.4, 0.5) is 10.1 Å². The largest absolute Gasteiger partial charge is 0.497 e. The summed E-state index contributed by atoms with van der Waals surface area (Å²) < 4.78 is 18.3. The van der Waals surface area contributed by atoms with Gasteiger partial charge in [-0.3, -0.25) is 9.59 Å². The minimum absolute atomic E-state index is 0.313. The molecular formula is C19H16FNO3S. The summed E-state index contributed by atoms with van der Waals surface area (Å²) in [5.41, 5.74) is 1.32. The van der Waals surface area contributed by atoms with Crippen LogP contribution < -0.4 is 9.64 Å². The Balaban J connectivity index is 2.04. The van der Waals surface area contributed by atoms with Crippen LogP contribution in [0.1, 0.15) is 12.5 Å². The van der Waals surface area contributed by atoms with E-state index in [0.717, 1.165) is 4.90 Å². The first-order valence-electron chi connectivity index (χ1n) is 7.72. The lowest BCUT2D eigenvalue weighted by Crippen LogP contribution is -2.31. The second-order valence-corrected chi connectivity index (χ2v) is 6.56. The zero-order chi connectivity index (χ0) is 18.0. The SMILES string of the molecule is CCSC1=C(c2ccc(F)cc2)C(=O)N(c2ccc(OC)cc2)C1=O. The van der Waals surface area contributed by atoms with E-state index in [1.54, 1.807) is 31.4 Å². The van der Waals surface area contributed by atoms with Crippen LogP contribution in [0.5, 0.6) is 5.75 Å². The molecule has 6 heteroatoms. The lowest BCUT2D eigenvalue weighted by atomic mass is 10.1. The molecule has 0 aliphatic carbocycles. The highest BCUT2D eigenvalue weighted by Gasteiger charge is 2.39. The van der Waals surface area contributed by atoms with Crippen LogP contribution in [0.3, 0.4) is 0 Å². The summed E-state index contributed by atoms with van der Waals surface area (Å²) in [6, 6.07) is 12.3. The number of rotatable bonds is 5. The van der Waals surface area contributed by atoms with Crippen molar-refractivity contribution in [2.75, 3.05) is 17.8 Å². The van der Waals surface area contributed by atoms with Crippen LogP contribution >= 0.6 is 11.8 Å². The lowest BCUT2D eigenvalue weighted by Gasteiger charge is -2.15. The molecule has 0 atom stereocenters. The van der Waals surface area contributed by atoms with E-state index in [1.807, 2.05) is 6.92 Å². The Hall–Kier alpha value is -2.60. The fourth-order valence-corrected chi connectivity index (χ4v) is 3.48.